The lowest BCUT2D eigenvalue weighted by molar-refractivity contribution is 0.340. The van der Waals surface area contributed by atoms with Crippen molar-refractivity contribution in [1.29, 1.82) is 0 Å². The van der Waals surface area contributed by atoms with Gasteiger partial charge in [-0.25, -0.2) is 5.10 Å². The molecule has 23 heavy (non-hydrogen) atoms. The van der Waals surface area contributed by atoms with Crippen molar-refractivity contribution in [2.45, 2.75) is 6.92 Å². The Kier molecular flexibility index (Phi) is 4.58. The molecule has 7 heteroatoms. The topological polar surface area (TPSA) is 68.1 Å². The minimum Gasteiger partial charge on any atom is -0.494 e. The fourth-order valence-corrected chi connectivity index (χ4v) is 2.21. The van der Waals surface area contributed by atoms with E-state index in [0.717, 1.165) is 16.9 Å². The Morgan fingerprint density at radius 2 is 2.13 bits per heavy atom. The number of aromatic amines is 1. The van der Waals surface area contributed by atoms with Gasteiger partial charge in [-0.05, 0) is 49.5 Å². The van der Waals surface area contributed by atoms with Gasteiger partial charge in [0.05, 0.1) is 12.8 Å². The third-order valence-electron chi connectivity index (χ3n) is 3.08. The standard InChI is InChI=1S/C16H15N5OS/c1-2-22-14-7-5-13(6-8-14)15-19-20-16(23)21(15)18-11-12-4-3-9-17-10-12/h3-11H,2H2,1H3,(H,20,23)/b18-11-. The first-order valence-corrected chi connectivity index (χ1v) is 7.54. The minimum atomic E-state index is 0.425. The van der Waals surface area contributed by atoms with E-state index in [1.807, 2.05) is 43.3 Å². The van der Waals surface area contributed by atoms with E-state index in [1.54, 1.807) is 23.3 Å². The van der Waals surface area contributed by atoms with Crippen LogP contribution in [0.3, 0.4) is 0 Å². The van der Waals surface area contributed by atoms with Gasteiger partial charge in [0.25, 0.3) is 0 Å². The number of hydrogen-bond acceptors (Lipinski definition) is 5. The van der Waals surface area contributed by atoms with E-state index in [2.05, 4.69) is 20.3 Å². The van der Waals surface area contributed by atoms with Crippen LogP contribution < -0.4 is 4.74 Å². The summed E-state index contributed by atoms with van der Waals surface area (Å²) in [5.74, 6) is 1.45. The average molecular weight is 325 g/mol. The van der Waals surface area contributed by atoms with Crippen LogP contribution in [0.4, 0.5) is 0 Å². The Labute approximate surface area is 138 Å². The second-order valence-electron chi connectivity index (χ2n) is 4.65. The molecule has 0 aliphatic rings. The Morgan fingerprint density at radius 3 is 2.83 bits per heavy atom. The summed E-state index contributed by atoms with van der Waals surface area (Å²) >= 11 is 5.25. The summed E-state index contributed by atoms with van der Waals surface area (Å²) in [6, 6.07) is 11.4. The molecule has 0 unspecified atom stereocenters. The van der Waals surface area contributed by atoms with Gasteiger partial charge in [0.2, 0.25) is 4.77 Å². The highest BCUT2D eigenvalue weighted by molar-refractivity contribution is 7.71. The largest absolute Gasteiger partial charge is 0.494 e. The second-order valence-corrected chi connectivity index (χ2v) is 5.04. The van der Waals surface area contributed by atoms with Crippen molar-refractivity contribution in [2.75, 3.05) is 6.61 Å². The van der Waals surface area contributed by atoms with Gasteiger partial charge in [0.15, 0.2) is 5.82 Å². The molecule has 0 fully saturated rings. The highest BCUT2D eigenvalue weighted by Gasteiger charge is 2.08. The number of benzene rings is 1. The molecular weight excluding hydrogens is 310 g/mol. The maximum Gasteiger partial charge on any atom is 0.216 e. The smallest absolute Gasteiger partial charge is 0.216 e. The van der Waals surface area contributed by atoms with Gasteiger partial charge in [0.1, 0.15) is 5.75 Å². The molecule has 0 radical (unpaired) electrons. The van der Waals surface area contributed by atoms with Crippen molar-refractivity contribution in [3.8, 4) is 17.1 Å². The van der Waals surface area contributed by atoms with Crippen molar-refractivity contribution >= 4 is 18.4 Å². The summed E-state index contributed by atoms with van der Waals surface area (Å²) in [6.07, 6.45) is 5.13. The zero-order valence-electron chi connectivity index (χ0n) is 12.5. The highest BCUT2D eigenvalue weighted by atomic mass is 32.1. The van der Waals surface area contributed by atoms with E-state index in [0.29, 0.717) is 17.2 Å². The zero-order chi connectivity index (χ0) is 16.1. The molecule has 6 nitrogen and oxygen atoms in total. The van der Waals surface area contributed by atoms with Crippen molar-refractivity contribution < 1.29 is 4.74 Å². The molecule has 3 aromatic rings. The molecule has 2 aromatic heterocycles. The lowest BCUT2D eigenvalue weighted by Gasteiger charge is -2.04. The van der Waals surface area contributed by atoms with Gasteiger partial charge in [-0.15, -0.1) is 0 Å². The number of hydrogen-bond donors (Lipinski definition) is 1. The molecule has 0 bridgehead atoms. The quantitative estimate of drug-likeness (QED) is 0.577. The maximum atomic E-state index is 5.45. The van der Waals surface area contributed by atoms with E-state index in [1.165, 1.54) is 0 Å². The normalized spacial score (nSPS) is 11.0. The van der Waals surface area contributed by atoms with Crippen LogP contribution in [0.15, 0.2) is 53.9 Å². The Morgan fingerprint density at radius 1 is 1.30 bits per heavy atom. The van der Waals surface area contributed by atoms with E-state index < -0.39 is 0 Å². The third-order valence-corrected chi connectivity index (χ3v) is 3.34. The predicted octanol–water partition coefficient (Wildman–Crippen LogP) is 3.28. The van der Waals surface area contributed by atoms with Gasteiger partial charge in [-0.1, -0.05) is 6.07 Å². The summed E-state index contributed by atoms with van der Waals surface area (Å²) in [6.45, 7) is 2.58. The van der Waals surface area contributed by atoms with Gasteiger partial charge in [0, 0.05) is 23.5 Å². The number of nitrogens with zero attached hydrogens (tertiary/aromatic N) is 4. The molecule has 116 valence electrons. The van der Waals surface area contributed by atoms with Gasteiger partial charge < -0.3 is 4.74 Å². The summed E-state index contributed by atoms with van der Waals surface area (Å²) in [5, 5.41) is 11.4. The highest BCUT2D eigenvalue weighted by Crippen LogP contribution is 2.21. The monoisotopic (exact) mass is 325 g/mol. The minimum absolute atomic E-state index is 0.425. The number of nitrogens with one attached hydrogen (secondary N) is 1. The van der Waals surface area contributed by atoms with Crippen LogP contribution in [0.25, 0.3) is 11.4 Å². The van der Waals surface area contributed by atoms with Crippen LogP contribution in [-0.4, -0.2) is 32.7 Å². The SMILES string of the molecule is CCOc1ccc(-c2n[nH]c(=S)n2/N=C\c2cccnc2)cc1. The first-order valence-electron chi connectivity index (χ1n) is 7.13. The molecule has 3 rings (SSSR count). The molecule has 1 N–H and O–H groups in total. The number of H-pyrrole nitrogens is 1. The number of rotatable bonds is 5. The van der Waals surface area contributed by atoms with E-state index >= 15 is 0 Å². The van der Waals surface area contributed by atoms with Crippen molar-refractivity contribution in [2.24, 2.45) is 5.10 Å². The Balaban J connectivity index is 1.92. The van der Waals surface area contributed by atoms with Crippen molar-refractivity contribution in [1.82, 2.24) is 19.9 Å². The van der Waals surface area contributed by atoms with Gasteiger partial charge >= 0.3 is 0 Å². The molecule has 1 aromatic carbocycles. The van der Waals surface area contributed by atoms with Crippen LogP contribution in [-0.2, 0) is 0 Å². The van der Waals surface area contributed by atoms with E-state index in [-0.39, 0.29) is 0 Å². The van der Waals surface area contributed by atoms with Crippen LogP contribution in [0.2, 0.25) is 0 Å². The summed E-state index contributed by atoms with van der Waals surface area (Å²) < 4.78 is 7.45. The number of pyridine rings is 1. The summed E-state index contributed by atoms with van der Waals surface area (Å²) in [5.41, 5.74) is 1.78. The molecule has 0 saturated heterocycles. The molecule has 2 heterocycles. The predicted molar refractivity (Wildman–Crippen MR) is 91.2 cm³/mol. The Hall–Kier alpha value is -2.80. The molecule has 0 aliphatic heterocycles. The third kappa shape index (κ3) is 3.51. The lowest BCUT2D eigenvalue weighted by atomic mass is 10.2. The van der Waals surface area contributed by atoms with E-state index in [9.17, 15) is 0 Å². The van der Waals surface area contributed by atoms with E-state index in [4.69, 9.17) is 17.0 Å². The summed E-state index contributed by atoms with van der Waals surface area (Å²) in [4.78, 5) is 4.05. The van der Waals surface area contributed by atoms with Crippen LogP contribution >= 0.6 is 12.2 Å². The van der Waals surface area contributed by atoms with Crippen molar-refractivity contribution in [3.05, 3.63) is 59.1 Å². The zero-order valence-corrected chi connectivity index (χ0v) is 13.3. The molecule has 0 aliphatic carbocycles. The molecule has 0 saturated carbocycles. The summed E-state index contributed by atoms with van der Waals surface area (Å²) in [7, 11) is 0. The molecular formula is C16H15N5OS. The van der Waals surface area contributed by atoms with Crippen molar-refractivity contribution in [3.63, 3.8) is 0 Å². The fourth-order valence-electron chi connectivity index (χ4n) is 2.03. The van der Waals surface area contributed by atoms with Crippen LogP contribution in [0, 0.1) is 4.77 Å². The fraction of sp³-hybridized carbons (Fsp3) is 0.125. The molecule has 0 amide bonds. The maximum absolute atomic E-state index is 5.45. The molecule has 0 atom stereocenters. The van der Waals surface area contributed by atoms with Crippen LogP contribution in [0.5, 0.6) is 5.75 Å². The molecule has 0 spiro atoms. The average Bonchev–Trinajstić information content (AvgIpc) is 2.96. The Bertz CT molecular complexity index is 852. The van der Waals surface area contributed by atoms with Crippen LogP contribution in [0.1, 0.15) is 12.5 Å². The first-order chi connectivity index (χ1) is 11.3. The number of aromatic nitrogens is 4. The second kappa shape index (κ2) is 6.97. The van der Waals surface area contributed by atoms with Gasteiger partial charge in [-0.2, -0.15) is 14.9 Å². The number of ether oxygens (including phenoxy) is 1. The van der Waals surface area contributed by atoms with Gasteiger partial charge in [-0.3, -0.25) is 4.98 Å². The first kappa shape index (κ1) is 15.1. The lowest BCUT2D eigenvalue weighted by Crippen LogP contribution is -1.96.